The third kappa shape index (κ3) is 3.87. The lowest BCUT2D eigenvalue weighted by molar-refractivity contribution is -0.113. The Bertz CT molecular complexity index is 1210. The summed E-state index contributed by atoms with van der Waals surface area (Å²) in [6, 6.07) is 16.4. The van der Waals surface area contributed by atoms with Crippen LogP contribution >= 0.6 is 0 Å². The van der Waals surface area contributed by atoms with Gasteiger partial charge in [0, 0.05) is 18.2 Å². The Labute approximate surface area is 185 Å². The first kappa shape index (κ1) is 20.0. The summed E-state index contributed by atoms with van der Waals surface area (Å²) in [6.45, 7) is 2.82. The number of hydrogen-bond donors (Lipinski definition) is 1. The first-order valence-electron chi connectivity index (χ1n) is 10.8. The van der Waals surface area contributed by atoms with Crippen molar-refractivity contribution in [2.24, 2.45) is 9.98 Å². The molecule has 1 N–H and O–H groups in total. The lowest BCUT2D eigenvalue weighted by Crippen LogP contribution is -2.37. The molecule has 3 heterocycles. The molecular weight excluding hydrogens is 402 g/mol. The number of aromatic nitrogens is 4. The zero-order valence-electron chi connectivity index (χ0n) is 17.8. The van der Waals surface area contributed by atoms with Crippen molar-refractivity contribution in [1.82, 2.24) is 25.5 Å². The number of amides is 1. The summed E-state index contributed by atoms with van der Waals surface area (Å²) in [5, 5.41) is 14.4. The van der Waals surface area contributed by atoms with Gasteiger partial charge in [-0.1, -0.05) is 61.9 Å². The molecule has 1 aromatic heterocycles. The number of carbonyl (C=O) groups is 1. The van der Waals surface area contributed by atoms with Gasteiger partial charge in [-0.2, -0.15) is 10.2 Å². The van der Waals surface area contributed by atoms with E-state index in [1.165, 1.54) is 6.08 Å². The van der Waals surface area contributed by atoms with E-state index in [2.05, 4.69) is 67.8 Å². The Balaban J connectivity index is 1.40. The number of unbranched alkanes of at least 4 members (excludes halogenated alkanes) is 1. The van der Waals surface area contributed by atoms with E-state index in [0.717, 1.165) is 47.2 Å². The molecule has 2 aromatic carbocycles. The molecule has 0 saturated carbocycles. The Morgan fingerprint density at radius 1 is 1.03 bits per heavy atom. The van der Waals surface area contributed by atoms with Crippen molar-refractivity contribution in [2.75, 3.05) is 0 Å². The lowest BCUT2D eigenvalue weighted by Gasteiger charge is -2.26. The number of amidine groups is 1. The fraction of sp³-hybridized carbons (Fsp3) is 0.250. The molecule has 0 radical (unpaired) electrons. The van der Waals surface area contributed by atoms with Gasteiger partial charge in [-0.3, -0.25) is 9.79 Å². The Kier molecular flexibility index (Phi) is 5.41. The van der Waals surface area contributed by atoms with Crippen molar-refractivity contribution in [3.63, 3.8) is 0 Å². The summed E-state index contributed by atoms with van der Waals surface area (Å²) in [6.07, 6.45) is 6.40. The molecule has 0 saturated heterocycles. The molecular formula is C24H23N7O. The van der Waals surface area contributed by atoms with Gasteiger partial charge in [-0.25, -0.2) is 0 Å². The summed E-state index contributed by atoms with van der Waals surface area (Å²) < 4.78 is 0. The number of nitrogens with zero attached hydrogens (tertiary/aromatic N) is 6. The van der Waals surface area contributed by atoms with Crippen molar-refractivity contribution in [3.05, 3.63) is 66.2 Å². The number of carbonyl (C=O) groups excluding carboxylic acids is 1. The third-order valence-corrected chi connectivity index (χ3v) is 5.70. The van der Waals surface area contributed by atoms with E-state index in [1.54, 1.807) is 6.08 Å². The van der Waals surface area contributed by atoms with Gasteiger partial charge in [0.25, 0.3) is 5.91 Å². The van der Waals surface area contributed by atoms with E-state index < -0.39 is 0 Å². The van der Waals surface area contributed by atoms with Crippen molar-refractivity contribution in [2.45, 2.75) is 38.9 Å². The van der Waals surface area contributed by atoms with Crippen LogP contribution in [0.25, 0.3) is 22.5 Å². The van der Waals surface area contributed by atoms with Crippen LogP contribution in [0.15, 0.2) is 70.7 Å². The fourth-order valence-corrected chi connectivity index (χ4v) is 4.09. The number of nitrogens with one attached hydrogen (secondary N) is 1. The highest BCUT2D eigenvalue weighted by molar-refractivity contribution is 6.50. The molecule has 1 amide bonds. The van der Waals surface area contributed by atoms with Crippen molar-refractivity contribution in [1.29, 1.82) is 0 Å². The SMILES string of the molecule is CCCCC1N=C2C=CC(=O)N=C2N1Cc1ccc(-c2ccccc2-c2nn[nH]n2)cc1. The number of fused-ring (bicyclic) bond motifs is 1. The second kappa shape index (κ2) is 8.66. The highest BCUT2D eigenvalue weighted by Gasteiger charge is 2.32. The van der Waals surface area contributed by atoms with Crippen LogP contribution in [0.5, 0.6) is 0 Å². The number of aromatic amines is 1. The van der Waals surface area contributed by atoms with Gasteiger partial charge in [0.2, 0.25) is 5.82 Å². The second-order valence-corrected chi connectivity index (χ2v) is 7.85. The molecule has 2 aliphatic rings. The van der Waals surface area contributed by atoms with Crippen molar-refractivity contribution in [3.8, 4) is 22.5 Å². The van der Waals surface area contributed by atoms with Crippen LogP contribution in [0, 0.1) is 0 Å². The minimum Gasteiger partial charge on any atom is -0.328 e. The van der Waals surface area contributed by atoms with E-state index in [0.29, 0.717) is 18.2 Å². The number of tetrazole rings is 1. The van der Waals surface area contributed by atoms with Crippen molar-refractivity contribution < 1.29 is 4.79 Å². The topological polar surface area (TPSA) is 99.5 Å². The standard InChI is InChI=1S/C24H23N7O/c1-2-3-8-21-25-20-13-14-22(32)26-24(20)31(21)15-16-9-11-17(12-10-16)18-6-4-5-7-19(18)23-27-29-30-28-23/h4-7,9-14,21H,2-3,8,15H2,1H3,(H,27,28,29,30). The third-order valence-electron chi connectivity index (χ3n) is 5.70. The van der Waals surface area contributed by atoms with Gasteiger partial charge in [-0.15, -0.1) is 10.2 Å². The van der Waals surface area contributed by atoms with Crippen LogP contribution in [-0.4, -0.2) is 49.1 Å². The number of hydrogen-bond acceptors (Lipinski definition) is 6. The number of rotatable bonds is 7. The molecule has 2 aliphatic heterocycles. The number of benzene rings is 2. The smallest absolute Gasteiger partial charge is 0.271 e. The maximum atomic E-state index is 11.9. The van der Waals surface area contributed by atoms with Gasteiger partial charge in [0.1, 0.15) is 11.9 Å². The number of dihydropyridines is 1. The number of H-pyrrole nitrogens is 1. The molecule has 1 unspecified atom stereocenters. The van der Waals surface area contributed by atoms with Crippen molar-refractivity contribution >= 4 is 17.5 Å². The van der Waals surface area contributed by atoms with E-state index >= 15 is 0 Å². The van der Waals surface area contributed by atoms with Gasteiger partial charge in [0.05, 0.1) is 0 Å². The Hall–Kier alpha value is -3.94. The summed E-state index contributed by atoms with van der Waals surface area (Å²) in [5.74, 6) is 1.02. The fourth-order valence-electron chi connectivity index (χ4n) is 4.09. The predicted octanol–water partition coefficient (Wildman–Crippen LogP) is 3.80. The largest absolute Gasteiger partial charge is 0.328 e. The van der Waals surface area contributed by atoms with Gasteiger partial charge in [-0.05, 0) is 40.8 Å². The Morgan fingerprint density at radius 3 is 2.59 bits per heavy atom. The highest BCUT2D eigenvalue weighted by Crippen LogP contribution is 2.30. The number of aliphatic imine (C=N–C) groups is 2. The zero-order valence-corrected chi connectivity index (χ0v) is 17.8. The minimum absolute atomic E-state index is 0.0119. The highest BCUT2D eigenvalue weighted by atomic mass is 16.1. The van der Waals surface area contributed by atoms with Crippen LogP contribution in [0.2, 0.25) is 0 Å². The minimum atomic E-state index is -0.228. The average Bonchev–Trinajstić information content (AvgIpc) is 3.47. The maximum absolute atomic E-state index is 11.9. The monoisotopic (exact) mass is 425 g/mol. The molecule has 0 aliphatic carbocycles. The Morgan fingerprint density at radius 2 is 1.84 bits per heavy atom. The van der Waals surface area contributed by atoms with Gasteiger partial charge in [0.15, 0.2) is 5.84 Å². The molecule has 3 aromatic rings. The quantitative estimate of drug-likeness (QED) is 0.621. The molecule has 8 heteroatoms. The molecule has 32 heavy (non-hydrogen) atoms. The van der Waals surface area contributed by atoms with Crippen LogP contribution in [0.3, 0.4) is 0 Å². The summed E-state index contributed by atoms with van der Waals surface area (Å²) in [4.78, 5) is 23.1. The van der Waals surface area contributed by atoms with Crippen LogP contribution in [0.4, 0.5) is 0 Å². The van der Waals surface area contributed by atoms with E-state index in [1.807, 2.05) is 18.2 Å². The lowest BCUT2D eigenvalue weighted by atomic mass is 9.98. The van der Waals surface area contributed by atoms with Crippen LogP contribution in [0.1, 0.15) is 31.7 Å². The van der Waals surface area contributed by atoms with Gasteiger partial charge < -0.3 is 4.90 Å². The average molecular weight is 425 g/mol. The molecule has 0 spiro atoms. The van der Waals surface area contributed by atoms with E-state index in [4.69, 9.17) is 4.99 Å². The zero-order chi connectivity index (χ0) is 21.9. The summed E-state index contributed by atoms with van der Waals surface area (Å²) in [5.41, 5.74) is 4.97. The second-order valence-electron chi connectivity index (χ2n) is 7.85. The summed E-state index contributed by atoms with van der Waals surface area (Å²) >= 11 is 0. The maximum Gasteiger partial charge on any atom is 0.271 e. The predicted molar refractivity (Wildman–Crippen MR) is 123 cm³/mol. The van der Waals surface area contributed by atoms with Crippen LogP contribution < -0.4 is 0 Å². The molecule has 5 rings (SSSR count). The molecule has 160 valence electrons. The van der Waals surface area contributed by atoms with E-state index in [-0.39, 0.29) is 12.1 Å². The van der Waals surface area contributed by atoms with Crippen LogP contribution in [-0.2, 0) is 11.3 Å². The molecule has 8 nitrogen and oxygen atoms in total. The normalized spacial score (nSPS) is 17.3. The first-order chi connectivity index (χ1) is 15.7. The summed E-state index contributed by atoms with van der Waals surface area (Å²) in [7, 11) is 0. The molecule has 1 atom stereocenters. The van der Waals surface area contributed by atoms with E-state index in [9.17, 15) is 4.79 Å². The first-order valence-corrected chi connectivity index (χ1v) is 10.8. The molecule has 0 bridgehead atoms. The van der Waals surface area contributed by atoms with Gasteiger partial charge >= 0.3 is 0 Å². The molecule has 0 fully saturated rings.